The Morgan fingerprint density at radius 3 is 2.43 bits per heavy atom. The molecule has 1 amide bonds. The van der Waals surface area contributed by atoms with Crippen molar-refractivity contribution in [2.24, 2.45) is 0 Å². The van der Waals surface area contributed by atoms with Crippen LogP contribution in [0.5, 0.6) is 0 Å². The summed E-state index contributed by atoms with van der Waals surface area (Å²) in [6.45, 7) is 7.19. The van der Waals surface area contributed by atoms with Crippen LogP contribution < -0.4 is 5.32 Å². The first kappa shape index (κ1) is 17.9. The lowest BCUT2D eigenvalue weighted by atomic mass is 10.1. The number of nitrogens with one attached hydrogen (secondary N) is 1. The molecule has 1 aromatic rings. The molecule has 0 heterocycles. The molecule has 0 aromatic heterocycles. The van der Waals surface area contributed by atoms with Gasteiger partial charge in [0, 0.05) is 17.1 Å². The van der Waals surface area contributed by atoms with Gasteiger partial charge in [-0.1, -0.05) is 24.6 Å². The van der Waals surface area contributed by atoms with E-state index in [2.05, 4.69) is 5.32 Å². The van der Waals surface area contributed by atoms with Gasteiger partial charge in [0.05, 0.1) is 11.4 Å². The number of carbonyl (C=O) groups is 1. The SMILES string of the molecule is CCN(CC(=O)NC(C)(C)C)S(=O)(=O)c1cccc(Cl)c1. The molecule has 0 bridgehead atoms. The maximum atomic E-state index is 12.5. The number of hydrogen-bond donors (Lipinski definition) is 1. The Hall–Kier alpha value is -1.11. The number of benzene rings is 1. The van der Waals surface area contributed by atoms with E-state index in [9.17, 15) is 13.2 Å². The summed E-state index contributed by atoms with van der Waals surface area (Å²) in [5.74, 6) is -0.338. The molecule has 0 saturated heterocycles. The summed E-state index contributed by atoms with van der Waals surface area (Å²) in [7, 11) is -3.74. The smallest absolute Gasteiger partial charge is 0.243 e. The molecule has 0 fully saturated rings. The first-order valence-electron chi connectivity index (χ1n) is 6.63. The summed E-state index contributed by atoms with van der Waals surface area (Å²) in [4.78, 5) is 12.0. The van der Waals surface area contributed by atoms with Crippen molar-refractivity contribution in [1.29, 1.82) is 0 Å². The van der Waals surface area contributed by atoms with Gasteiger partial charge in [0.1, 0.15) is 0 Å². The third-order valence-electron chi connectivity index (χ3n) is 2.62. The highest BCUT2D eigenvalue weighted by Gasteiger charge is 2.26. The van der Waals surface area contributed by atoms with Crippen molar-refractivity contribution in [3.63, 3.8) is 0 Å². The normalized spacial score (nSPS) is 12.5. The molecule has 0 unspecified atom stereocenters. The van der Waals surface area contributed by atoms with Gasteiger partial charge in [0.15, 0.2) is 0 Å². The Morgan fingerprint density at radius 2 is 1.95 bits per heavy atom. The van der Waals surface area contributed by atoms with Crippen molar-refractivity contribution in [2.75, 3.05) is 13.1 Å². The Kier molecular flexibility index (Phi) is 5.78. The number of rotatable bonds is 5. The van der Waals surface area contributed by atoms with Gasteiger partial charge >= 0.3 is 0 Å². The van der Waals surface area contributed by atoms with E-state index in [4.69, 9.17) is 11.6 Å². The highest BCUT2D eigenvalue weighted by atomic mass is 35.5. The van der Waals surface area contributed by atoms with E-state index in [0.29, 0.717) is 5.02 Å². The Labute approximate surface area is 131 Å². The van der Waals surface area contributed by atoms with E-state index in [1.54, 1.807) is 19.1 Å². The van der Waals surface area contributed by atoms with Gasteiger partial charge < -0.3 is 5.32 Å². The van der Waals surface area contributed by atoms with Crippen LogP contribution in [0.4, 0.5) is 0 Å². The van der Waals surface area contributed by atoms with Crippen molar-refractivity contribution in [3.05, 3.63) is 29.3 Å². The van der Waals surface area contributed by atoms with Crippen molar-refractivity contribution < 1.29 is 13.2 Å². The number of nitrogens with zero attached hydrogens (tertiary/aromatic N) is 1. The molecule has 7 heteroatoms. The lowest BCUT2D eigenvalue weighted by Gasteiger charge is -2.24. The van der Waals surface area contributed by atoms with Crippen LogP contribution in [0.3, 0.4) is 0 Å². The van der Waals surface area contributed by atoms with E-state index in [-0.39, 0.29) is 23.9 Å². The largest absolute Gasteiger partial charge is 0.350 e. The minimum absolute atomic E-state index is 0.0837. The van der Waals surface area contributed by atoms with E-state index < -0.39 is 15.6 Å². The van der Waals surface area contributed by atoms with E-state index in [0.717, 1.165) is 4.31 Å². The first-order valence-corrected chi connectivity index (χ1v) is 8.45. The van der Waals surface area contributed by atoms with Gasteiger partial charge in [-0.15, -0.1) is 0 Å². The Morgan fingerprint density at radius 1 is 1.33 bits per heavy atom. The van der Waals surface area contributed by atoms with Crippen LogP contribution in [-0.2, 0) is 14.8 Å². The van der Waals surface area contributed by atoms with Crippen LogP contribution in [0.2, 0.25) is 5.02 Å². The second-order valence-electron chi connectivity index (χ2n) is 5.69. The van der Waals surface area contributed by atoms with Crippen molar-refractivity contribution >= 4 is 27.5 Å². The predicted octanol–water partition coefficient (Wildman–Crippen LogP) is 2.27. The zero-order valence-corrected chi connectivity index (χ0v) is 14.3. The summed E-state index contributed by atoms with van der Waals surface area (Å²) in [6, 6.07) is 6.01. The fourth-order valence-corrected chi connectivity index (χ4v) is 3.47. The minimum atomic E-state index is -3.74. The molecule has 1 aromatic carbocycles. The number of likely N-dealkylation sites (N-methyl/N-ethyl adjacent to an activating group) is 1. The van der Waals surface area contributed by atoms with Crippen LogP contribution in [0.25, 0.3) is 0 Å². The average molecular weight is 333 g/mol. The molecule has 0 atom stereocenters. The summed E-state index contributed by atoms with van der Waals surface area (Å²) in [5.41, 5.74) is -0.406. The van der Waals surface area contributed by atoms with Crippen LogP contribution >= 0.6 is 11.6 Å². The van der Waals surface area contributed by atoms with Crippen molar-refractivity contribution in [1.82, 2.24) is 9.62 Å². The Balaban J connectivity index is 2.96. The van der Waals surface area contributed by atoms with E-state index in [1.807, 2.05) is 20.8 Å². The van der Waals surface area contributed by atoms with Gasteiger partial charge in [0.25, 0.3) is 0 Å². The minimum Gasteiger partial charge on any atom is -0.350 e. The molecule has 1 N–H and O–H groups in total. The van der Waals surface area contributed by atoms with Gasteiger partial charge in [-0.05, 0) is 39.0 Å². The summed E-state index contributed by atoms with van der Waals surface area (Å²) in [6.07, 6.45) is 0. The third kappa shape index (κ3) is 5.30. The molecular weight excluding hydrogens is 312 g/mol. The molecule has 0 radical (unpaired) electrons. The molecule has 0 spiro atoms. The second kappa shape index (κ2) is 6.77. The molecule has 21 heavy (non-hydrogen) atoms. The van der Waals surface area contributed by atoms with Crippen LogP contribution in [0, 0.1) is 0 Å². The molecule has 0 aliphatic heterocycles. The molecular formula is C14H21ClN2O3S. The zero-order valence-electron chi connectivity index (χ0n) is 12.7. The standard InChI is InChI=1S/C14H21ClN2O3S/c1-5-17(10-13(18)16-14(2,3)4)21(19,20)12-8-6-7-11(15)9-12/h6-9H,5,10H2,1-4H3,(H,16,18). The van der Waals surface area contributed by atoms with Gasteiger partial charge in [-0.2, -0.15) is 4.31 Å². The number of sulfonamides is 1. The fraction of sp³-hybridized carbons (Fsp3) is 0.500. The quantitative estimate of drug-likeness (QED) is 0.899. The lowest BCUT2D eigenvalue weighted by molar-refractivity contribution is -0.122. The molecule has 0 aliphatic carbocycles. The summed E-state index contributed by atoms with van der Waals surface area (Å²) >= 11 is 5.83. The monoisotopic (exact) mass is 332 g/mol. The average Bonchev–Trinajstić information content (AvgIpc) is 2.33. The van der Waals surface area contributed by atoms with Crippen molar-refractivity contribution in [3.8, 4) is 0 Å². The summed E-state index contributed by atoms with van der Waals surface area (Å²) < 4.78 is 26.1. The molecule has 1 rings (SSSR count). The Bertz CT molecular complexity index is 609. The zero-order chi connectivity index (χ0) is 16.3. The maximum absolute atomic E-state index is 12.5. The van der Waals surface area contributed by atoms with Crippen LogP contribution in [-0.4, -0.2) is 37.3 Å². The topological polar surface area (TPSA) is 66.5 Å². The maximum Gasteiger partial charge on any atom is 0.243 e. The number of amides is 1. The van der Waals surface area contributed by atoms with Crippen LogP contribution in [0.1, 0.15) is 27.7 Å². The second-order valence-corrected chi connectivity index (χ2v) is 8.06. The van der Waals surface area contributed by atoms with Crippen molar-refractivity contribution in [2.45, 2.75) is 38.1 Å². The van der Waals surface area contributed by atoms with Gasteiger partial charge in [0.2, 0.25) is 15.9 Å². The first-order chi connectivity index (χ1) is 9.56. The number of hydrogen-bond acceptors (Lipinski definition) is 3. The van der Waals surface area contributed by atoms with Gasteiger partial charge in [-0.3, -0.25) is 4.79 Å². The molecule has 118 valence electrons. The summed E-state index contributed by atoms with van der Waals surface area (Å²) in [5, 5.41) is 3.09. The van der Waals surface area contributed by atoms with E-state index >= 15 is 0 Å². The molecule has 0 aliphatic rings. The predicted molar refractivity (Wildman–Crippen MR) is 83.8 cm³/mol. The fourth-order valence-electron chi connectivity index (χ4n) is 1.76. The lowest BCUT2D eigenvalue weighted by Crippen LogP contribution is -2.47. The van der Waals surface area contributed by atoms with Crippen LogP contribution in [0.15, 0.2) is 29.2 Å². The number of halogens is 1. The highest BCUT2D eigenvalue weighted by molar-refractivity contribution is 7.89. The highest BCUT2D eigenvalue weighted by Crippen LogP contribution is 2.19. The molecule has 5 nitrogen and oxygen atoms in total. The third-order valence-corrected chi connectivity index (χ3v) is 4.77. The van der Waals surface area contributed by atoms with E-state index in [1.165, 1.54) is 12.1 Å². The number of carbonyl (C=O) groups excluding carboxylic acids is 1. The van der Waals surface area contributed by atoms with Gasteiger partial charge in [-0.25, -0.2) is 8.42 Å². The molecule has 0 saturated carbocycles.